The molecule has 1 aliphatic heterocycles. The smallest absolute Gasteiger partial charge is 0.310 e. The Kier molecular flexibility index (Phi) is 5.94. The van der Waals surface area contributed by atoms with E-state index in [1.54, 1.807) is 42.5 Å². The molecule has 5 atom stereocenters. The summed E-state index contributed by atoms with van der Waals surface area (Å²) in [6, 6.07) is 6.99. The van der Waals surface area contributed by atoms with Gasteiger partial charge < -0.3 is 24.8 Å². The van der Waals surface area contributed by atoms with Gasteiger partial charge in [-0.2, -0.15) is 0 Å². The molecule has 7 nitrogen and oxygen atoms in total. The fraction of sp³-hybridized carbons (Fsp3) is 0.280. The van der Waals surface area contributed by atoms with Crippen LogP contribution >= 0.6 is 15.9 Å². The fourth-order valence-electron chi connectivity index (χ4n) is 5.15. The number of nitrogens with zero attached hydrogens (tertiary/aromatic N) is 1. The molecular weight excluding hydrogens is 490 g/mol. The van der Waals surface area contributed by atoms with E-state index in [1.165, 1.54) is 19.5 Å². The van der Waals surface area contributed by atoms with Gasteiger partial charge in [-0.1, -0.05) is 58.9 Å². The van der Waals surface area contributed by atoms with Gasteiger partial charge in [0.1, 0.15) is 17.6 Å². The normalized spacial score (nSPS) is 30.3. The highest BCUT2D eigenvalue weighted by molar-refractivity contribution is 9.10. The number of hydrogen-bond acceptors (Lipinski definition) is 6. The molecule has 1 aromatic carbocycles. The van der Waals surface area contributed by atoms with Gasteiger partial charge in [0.25, 0.3) is 0 Å². The fourth-order valence-corrected chi connectivity index (χ4v) is 5.41. The van der Waals surface area contributed by atoms with Crippen molar-refractivity contribution in [3.63, 3.8) is 0 Å². The molecule has 2 aromatic rings. The number of aliphatic hydroxyl groups is 2. The lowest BCUT2D eigenvalue weighted by Crippen LogP contribution is -2.52. The number of ether oxygens (including phenoxy) is 2. The maximum Gasteiger partial charge on any atom is 0.310 e. The summed E-state index contributed by atoms with van der Waals surface area (Å²) in [7, 11) is 1.41. The Labute approximate surface area is 199 Å². The summed E-state index contributed by atoms with van der Waals surface area (Å²) in [6.07, 6.45) is 8.09. The number of pyridine rings is 1. The molecule has 3 N–H and O–H groups in total. The third-order valence-electron chi connectivity index (χ3n) is 6.45. The van der Waals surface area contributed by atoms with Crippen LogP contribution in [0.5, 0.6) is 11.5 Å². The Balaban J connectivity index is 2.07. The zero-order valence-corrected chi connectivity index (χ0v) is 19.7. The summed E-state index contributed by atoms with van der Waals surface area (Å²) in [5.41, 5.74) is -2.82. The highest BCUT2D eigenvalue weighted by Gasteiger charge is 2.78. The van der Waals surface area contributed by atoms with Crippen molar-refractivity contribution in [2.45, 2.75) is 24.2 Å². The van der Waals surface area contributed by atoms with E-state index in [4.69, 9.17) is 9.47 Å². The molecule has 1 saturated carbocycles. The summed E-state index contributed by atoms with van der Waals surface area (Å²) in [5, 5.41) is 33.9. The Morgan fingerprint density at radius 2 is 1.97 bits per heavy atom. The average Bonchev–Trinajstić information content (AvgIpc) is 3.17. The molecule has 0 spiro atoms. The molecule has 33 heavy (non-hydrogen) atoms. The van der Waals surface area contributed by atoms with Crippen LogP contribution in [0.2, 0.25) is 0 Å². The summed E-state index contributed by atoms with van der Waals surface area (Å²) in [4.78, 5) is 16.6. The molecular formula is C25H24BrNO6. The van der Waals surface area contributed by atoms with E-state index in [-0.39, 0.29) is 17.1 Å². The second-order valence-electron chi connectivity index (χ2n) is 8.07. The van der Waals surface area contributed by atoms with Crippen LogP contribution in [0.4, 0.5) is 0 Å². The number of allylic oxidation sites excluding steroid dienone is 4. The lowest BCUT2D eigenvalue weighted by atomic mass is 9.70. The summed E-state index contributed by atoms with van der Waals surface area (Å²) < 4.78 is 12.7. The molecule has 2 aliphatic rings. The number of benzene rings is 1. The Morgan fingerprint density at radius 3 is 2.58 bits per heavy atom. The van der Waals surface area contributed by atoms with Crippen LogP contribution in [0.3, 0.4) is 0 Å². The van der Waals surface area contributed by atoms with Crippen LogP contribution < -0.4 is 9.47 Å². The van der Waals surface area contributed by atoms with Crippen molar-refractivity contribution >= 4 is 21.9 Å². The second-order valence-corrected chi connectivity index (χ2v) is 8.99. The lowest BCUT2D eigenvalue weighted by molar-refractivity contribution is -0.160. The Bertz CT molecular complexity index is 1160. The van der Waals surface area contributed by atoms with E-state index < -0.39 is 35.1 Å². The van der Waals surface area contributed by atoms with Crippen molar-refractivity contribution in [1.29, 1.82) is 0 Å². The first-order valence-electron chi connectivity index (χ1n) is 10.3. The minimum absolute atomic E-state index is 0.161. The maximum atomic E-state index is 12.5. The zero-order valence-electron chi connectivity index (χ0n) is 18.1. The van der Waals surface area contributed by atoms with Crippen LogP contribution in [-0.4, -0.2) is 39.5 Å². The Hall–Kier alpha value is -2.94. The molecule has 1 aromatic heterocycles. The molecule has 0 bridgehead atoms. The van der Waals surface area contributed by atoms with E-state index in [2.05, 4.69) is 27.5 Å². The average molecular weight is 514 g/mol. The molecule has 1 aliphatic carbocycles. The standard InChI is InChI=1S/C25H24BrNO6/c1-4-5-6-7-14(2)20-19(23(29)30)22(28)24(31)21-17(32-3)12-27-13-18(21)33-25(20,24)15-8-10-16(26)11-9-15/h4-13,19-20,22,28,31H,2H2,1,3H3,(H,29,30)/b5-4-,7-6-/t19-,20-,22-,24+,25+/m1/s1. The number of rotatable bonds is 6. The summed E-state index contributed by atoms with van der Waals surface area (Å²) in [5.74, 6) is -3.31. The Morgan fingerprint density at radius 1 is 1.27 bits per heavy atom. The minimum Gasteiger partial charge on any atom is -0.495 e. The summed E-state index contributed by atoms with van der Waals surface area (Å²) >= 11 is 3.41. The van der Waals surface area contributed by atoms with E-state index in [0.29, 0.717) is 11.1 Å². The molecule has 0 saturated heterocycles. The number of aromatic nitrogens is 1. The first-order chi connectivity index (χ1) is 15.7. The van der Waals surface area contributed by atoms with Gasteiger partial charge in [0.05, 0.1) is 31.0 Å². The predicted octanol–water partition coefficient (Wildman–Crippen LogP) is 3.71. The molecule has 1 fully saturated rings. The second kappa shape index (κ2) is 8.44. The van der Waals surface area contributed by atoms with E-state index in [9.17, 15) is 20.1 Å². The van der Waals surface area contributed by atoms with Gasteiger partial charge >= 0.3 is 5.97 Å². The topological polar surface area (TPSA) is 109 Å². The highest BCUT2D eigenvalue weighted by Crippen LogP contribution is 2.68. The van der Waals surface area contributed by atoms with Gasteiger partial charge in [-0.3, -0.25) is 9.78 Å². The van der Waals surface area contributed by atoms with Crippen molar-refractivity contribution in [2.24, 2.45) is 11.8 Å². The maximum absolute atomic E-state index is 12.5. The lowest BCUT2D eigenvalue weighted by Gasteiger charge is -2.40. The van der Waals surface area contributed by atoms with Gasteiger partial charge in [-0.15, -0.1) is 0 Å². The quantitative estimate of drug-likeness (QED) is 0.505. The van der Waals surface area contributed by atoms with Gasteiger partial charge in [-0.25, -0.2) is 0 Å². The number of aliphatic carboxylic acids is 1. The minimum atomic E-state index is -2.16. The van der Waals surface area contributed by atoms with E-state index >= 15 is 0 Å². The van der Waals surface area contributed by atoms with Crippen molar-refractivity contribution < 1.29 is 29.6 Å². The first kappa shape index (κ1) is 23.2. The first-order valence-corrected chi connectivity index (χ1v) is 11.1. The van der Waals surface area contributed by atoms with Gasteiger partial charge in [-0.05, 0) is 30.2 Å². The van der Waals surface area contributed by atoms with Crippen LogP contribution in [0.25, 0.3) is 0 Å². The van der Waals surface area contributed by atoms with Crippen LogP contribution in [0, 0.1) is 11.8 Å². The summed E-state index contributed by atoms with van der Waals surface area (Å²) in [6.45, 7) is 5.97. The highest BCUT2D eigenvalue weighted by atomic mass is 79.9. The number of halogens is 1. The van der Waals surface area contributed by atoms with Crippen molar-refractivity contribution in [2.75, 3.05) is 7.11 Å². The largest absolute Gasteiger partial charge is 0.495 e. The molecule has 2 heterocycles. The molecule has 4 rings (SSSR count). The van der Waals surface area contributed by atoms with Gasteiger partial charge in [0, 0.05) is 10.4 Å². The van der Waals surface area contributed by atoms with Crippen molar-refractivity contribution in [3.8, 4) is 11.5 Å². The molecule has 0 unspecified atom stereocenters. The SMILES string of the molecule is C=C(/C=C\C=C/C)[C@@H]1[C@@H](C(=O)O)[C@@H](O)[C@@]2(O)c3c(OC)cncc3O[C@@]12c1ccc(Br)cc1. The van der Waals surface area contributed by atoms with Crippen LogP contribution in [0.15, 0.2) is 77.6 Å². The van der Waals surface area contributed by atoms with Gasteiger partial charge in [0.2, 0.25) is 0 Å². The predicted molar refractivity (Wildman–Crippen MR) is 125 cm³/mol. The number of carboxylic acid groups (broad SMARTS) is 1. The number of hydrogen-bond donors (Lipinski definition) is 3. The molecule has 0 radical (unpaired) electrons. The number of fused-ring (bicyclic) bond motifs is 3. The number of carbonyl (C=O) groups is 1. The van der Waals surface area contributed by atoms with Crippen molar-refractivity contribution in [1.82, 2.24) is 4.98 Å². The molecule has 172 valence electrons. The van der Waals surface area contributed by atoms with Gasteiger partial charge in [0.15, 0.2) is 11.2 Å². The number of aliphatic hydroxyl groups excluding tert-OH is 1. The number of methoxy groups -OCH3 is 1. The monoisotopic (exact) mass is 513 g/mol. The zero-order chi connectivity index (χ0) is 24.0. The number of carboxylic acids is 1. The molecule has 0 amide bonds. The van der Waals surface area contributed by atoms with E-state index in [0.717, 1.165) is 4.47 Å². The van der Waals surface area contributed by atoms with E-state index in [1.807, 2.05) is 13.0 Å². The third-order valence-corrected chi connectivity index (χ3v) is 6.98. The van der Waals surface area contributed by atoms with Crippen LogP contribution in [-0.2, 0) is 16.0 Å². The molecule has 8 heteroatoms. The van der Waals surface area contributed by atoms with Crippen molar-refractivity contribution in [3.05, 3.63) is 88.7 Å². The van der Waals surface area contributed by atoms with Crippen LogP contribution in [0.1, 0.15) is 18.1 Å². The third kappa shape index (κ3) is 3.16.